The molecule has 86 valence electrons. The van der Waals surface area contributed by atoms with Crippen molar-refractivity contribution in [3.8, 4) is 0 Å². The molecule has 0 spiro atoms. The molecule has 0 aliphatic carbocycles. The van der Waals surface area contributed by atoms with E-state index in [4.69, 9.17) is 16.7 Å². The Labute approximate surface area is 108 Å². The van der Waals surface area contributed by atoms with Crippen LogP contribution in [0.3, 0.4) is 0 Å². The molecular formula is C10H15BrClNOS. The third kappa shape index (κ3) is 4.41. The average molecular weight is 313 g/mol. The maximum atomic E-state index is 8.85. The number of nitrogens with one attached hydrogen (secondary N) is 1. The number of hydrogen-bond donors (Lipinski definition) is 2. The Morgan fingerprint density at radius 1 is 1.67 bits per heavy atom. The second-order valence-corrected chi connectivity index (χ2v) is 5.93. The molecule has 15 heavy (non-hydrogen) atoms. The molecular weight excluding hydrogens is 298 g/mol. The van der Waals surface area contributed by atoms with E-state index in [0.717, 1.165) is 28.2 Å². The first-order valence-corrected chi connectivity index (χ1v) is 6.94. The van der Waals surface area contributed by atoms with Crippen molar-refractivity contribution in [2.45, 2.75) is 32.4 Å². The SMILES string of the molecule is CCC(CCO)NCc1cc(Br)c(Cl)s1. The van der Waals surface area contributed by atoms with E-state index in [1.807, 2.05) is 6.07 Å². The number of aliphatic hydroxyl groups is 1. The smallest absolute Gasteiger partial charge is 0.107 e. The molecule has 1 atom stereocenters. The van der Waals surface area contributed by atoms with Crippen molar-refractivity contribution < 1.29 is 5.11 Å². The monoisotopic (exact) mass is 311 g/mol. The highest BCUT2D eigenvalue weighted by Crippen LogP contribution is 2.31. The summed E-state index contributed by atoms with van der Waals surface area (Å²) in [5, 5.41) is 12.2. The van der Waals surface area contributed by atoms with Crippen LogP contribution >= 0.6 is 38.9 Å². The lowest BCUT2D eigenvalue weighted by Crippen LogP contribution is -2.28. The minimum Gasteiger partial charge on any atom is -0.396 e. The van der Waals surface area contributed by atoms with Crippen molar-refractivity contribution in [2.75, 3.05) is 6.61 Å². The maximum Gasteiger partial charge on any atom is 0.107 e. The summed E-state index contributed by atoms with van der Waals surface area (Å²) >= 11 is 10.9. The Bertz CT molecular complexity index is 286. The standard InChI is InChI=1S/C10H15BrClNOS/c1-2-7(3-4-14)13-6-8-5-9(11)10(12)15-8/h5,7,13-14H,2-4,6H2,1H3. The van der Waals surface area contributed by atoms with Gasteiger partial charge < -0.3 is 10.4 Å². The largest absolute Gasteiger partial charge is 0.396 e. The number of aliphatic hydroxyl groups excluding tert-OH is 1. The van der Waals surface area contributed by atoms with Gasteiger partial charge in [0.05, 0.1) is 0 Å². The van der Waals surface area contributed by atoms with Crippen LogP contribution in [-0.4, -0.2) is 17.8 Å². The zero-order chi connectivity index (χ0) is 11.3. The summed E-state index contributed by atoms with van der Waals surface area (Å²) in [6, 6.07) is 2.42. The molecule has 0 saturated heterocycles. The van der Waals surface area contributed by atoms with Crippen LogP contribution in [-0.2, 0) is 6.54 Å². The van der Waals surface area contributed by atoms with Crippen LogP contribution in [0.25, 0.3) is 0 Å². The normalized spacial score (nSPS) is 13.1. The second-order valence-electron chi connectivity index (χ2n) is 3.33. The molecule has 0 radical (unpaired) electrons. The topological polar surface area (TPSA) is 32.3 Å². The van der Waals surface area contributed by atoms with Crippen LogP contribution in [0.4, 0.5) is 0 Å². The molecule has 0 fully saturated rings. The van der Waals surface area contributed by atoms with E-state index < -0.39 is 0 Å². The Kier molecular flexibility index (Phi) is 6.16. The summed E-state index contributed by atoms with van der Waals surface area (Å²) in [5.74, 6) is 0. The zero-order valence-corrected chi connectivity index (χ0v) is 11.8. The van der Waals surface area contributed by atoms with E-state index in [2.05, 4.69) is 28.2 Å². The lowest BCUT2D eigenvalue weighted by molar-refractivity contribution is 0.262. The average Bonchev–Trinajstić information content (AvgIpc) is 2.53. The fourth-order valence-corrected chi connectivity index (χ4v) is 3.07. The van der Waals surface area contributed by atoms with Gasteiger partial charge in [-0.2, -0.15) is 0 Å². The molecule has 0 bridgehead atoms. The Morgan fingerprint density at radius 2 is 2.40 bits per heavy atom. The first-order chi connectivity index (χ1) is 7.17. The predicted molar refractivity (Wildman–Crippen MR) is 69.7 cm³/mol. The van der Waals surface area contributed by atoms with Crippen molar-refractivity contribution in [1.29, 1.82) is 0 Å². The highest BCUT2D eigenvalue weighted by molar-refractivity contribution is 9.10. The van der Waals surface area contributed by atoms with Crippen LogP contribution in [0.2, 0.25) is 4.34 Å². The molecule has 2 nitrogen and oxygen atoms in total. The van der Waals surface area contributed by atoms with Gasteiger partial charge in [0.1, 0.15) is 4.34 Å². The lowest BCUT2D eigenvalue weighted by atomic mass is 10.1. The van der Waals surface area contributed by atoms with Crippen molar-refractivity contribution in [1.82, 2.24) is 5.32 Å². The molecule has 0 aliphatic rings. The molecule has 2 N–H and O–H groups in total. The van der Waals surface area contributed by atoms with Crippen LogP contribution in [0.1, 0.15) is 24.6 Å². The molecule has 0 amide bonds. The van der Waals surface area contributed by atoms with E-state index in [1.54, 1.807) is 11.3 Å². The van der Waals surface area contributed by atoms with E-state index in [1.165, 1.54) is 4.88 Å². The summed E-state index contributed by atoms with van der Waals surface area (Å²) in [5.41, 5.74) is 0. The van der Waals surface area contributed by atoms with Gasteiger partial charge in [0.15, 0.2) is 0 Å². The van der Waals surface area contributed by atoms with Gasteiger partial charge in [-0.05, 0) is 34.8 Å². The van der Waals surface area contributed by atoms with Crippen LogP contribution in [0, 0.1) is 0 Å². The van der Waals surface area contributed by atoms with Gasteiger partial charge in [0.2, 0.25) is 0 Å². The van der Waals surface area contributed by atoms with Gasteiger partial charge >= 0.3 is 0 Å². The van der Waals surface area contributed by atoms with E-state index in [0.29, 0.717) is 6.04 Å². The summed E-state index contributed by atoms with van der Waals surface area (Å²) in [4.78, 5) is 1.21. The maximum absolute atomic E-state index is 8.85. The van der Waals surface area contributed by atoms with Gasteiger partial charge in [-0.1, -0.05) is 18.5 Å². The first kappa shape index (κ1) is 13.5. The van der Waals surface area contributed by atoms with Crippen molar-refractivity contribution in [3.05, 3.63) is 19.8 Å². The van der Waals surface area contributed by atoms with Gasteiger partial charge in [-0.15, -0.1) is 11.3 Å². The van der Waals surface area contributed by atoms with Crippen LogP contribution < -0.4 is 5.32 Å². The van der Waals surface area contributed by atoms with E-state index in [9.17, 15) is 0 Å². The van der Waals surface area contributed by atoms with Crippen LogP contribution in [0.15, 0.2) is 10.5 Å². The summed E-state index contributed by atoms with van der Waals surface area (Å²) < 4.78 is 1.75. The minimum absolute atomic E-state index is 0.237. The molecule has 1 aromatic heterocycles. The summed E-state index contributed by atoms with van der Waals surface area (Å²) in [6.45, 7) is 3.17. The van der Waals surface area contributed by atoms with Crippen LogP contribution in [0.5, 0.6) is 0 Å². The summed E-state index contributed by atoms with van der Waals surface area (Å²) in [6.07, 6.45) is 1.83. The number of rotatable bonds is 6. The minimum atomic E-state index is 0.237. The van der Waals surface area contributed by atoms with Gasteiger partial charge in [-0.25, -0.2) is 0 Å². The number of thiophene rings is 1. The Morgan fingerprint density at radius 3 is 2.87 bits per heavy atom. The molecule has 1 rings (SSSR count). The second kappa shape index (κ2) is 6.86. The van der Waals surface area contributed by atoms with Gasteiger partial charge in [-0.3, -0.25) is 0 Å². The lowest BCUT2D eigenvalue weighted by Gasteiger charge is -2.14. The summed E-state index contributed by atoms with van der Waals surface area (Å²) in [7, 11) is 0. The molecule has 1 aromatic rings. The molecule has 1 heterocycles. The van der Waals surface area contributed by atoms with Gasteiger partial charge in [0.25, 0.3) is 0 Å². The highest BCUT2D eigenvalue weighted by Gasteiger charge is 2.07. The predicted octanol–water partition coefficient (Wildman–Crippen LogP) is 3.41. The van der Waals surface area contributed by atoms with E-state index >= 15 is 0 Å². The zero-order valence-electron chi connectivity index (χ0n) is 8.59. The van der Waals surface area contributed by atoms with Crippen molar-refractivity contribution in [2.24, 2.45) is 0 Å². The van der Waals surface area contributed by atoms with Gasteiger partial charge in [0, 0.05) is 28.5 Å². The fourth-order valence-electron chi connectivity index (χ4n) is 1.33. The number of hydrogen-bond acceptors (Lipinski definition) is 3. The Balaban J connectivity index is 2.41. The molecule has 1 unspecified atom stereocenters. The molecule has 0 aliphatic heterocycles. The molecule has 0 aromatic carbocycles. The van der Waals surface area contributed by atoms with Crippen molar-refractivity contribution in [3.63, 3.8) is 0 Å². The molecule has 0 saturated carbocycles. The van der Waals surface area contributed by atoms with E-state index in [-0.39, 0.29) is 6.61 Å². The third-order valence-electron chi connectivity index (χ3n) is 2.23. The first-order valence-electron chi connectivity index (χ1n) is 4.95. The highest BCUT2D eigenvalue weighted by atomic mass is 79.9. The Hall–Kier alpha value is 0.390. The molecule has 5 heteroatoms. The fraction of sp³-hybridized carbons (Fsp3) is 0.600. The quantitative estimate of drug-likeness (QED) is 0.843. The van der Waals surface area contributed by atoms with Crippen molar-refractivity contribution >= 4 is 38.9 Å². The number of halogens is 2. The third-order valence-corrected chi connectivity index (χ3v) is 4.71.